The number of sulfonamides is 1. The van der Waals surface area contributed by atoms with Gasteiger partial charge in [0.2, 0.25) is 10.0 Å². The summed E-state index contributed by atoms with van der Waals surface area (Å²) in [6, 6.07) is 16.8. The summed E-state index contributed by atoms with van der Waals surface area (Å²) in [6.07, 6.45) is 0.912. The summed E-state index contributed by atoms with van der Waals surface area (Å²) in [4.78, 5) is 23.7. The molecule has 0 aliphatic carbocycles. The molecule has 4 N–H and O–H groups in total. The molecule has 1 unspecified atom stereocenters. The summed E-state index contributed by atoms with van der Waals surface area (Å²) < 4.78 is 39.0. The highest BCUT2D eigenvalue weighted by Gasteiger charge is 2.25. The third-order valence-corrected chi connectivity index (χ3v) is 7.28. The maximum atomic E-state index is 13.0. The number of amides is 2. The van der Waals surface area contributed by atoms with E-state index in [0.717, 1.165) is 5.39 Å². The number of ether oxygens (including phenoxy) is 1. The Morgan fingerprint density at radius 2 is 1.70 bits per heavy atom. The molecule has 2 amide bonds. The van der Waals surface area contributed by atoms with Gasteiger partial charge < -0.3 is 24.9 Å². The molecule has 0 radical (unpaired) electrons. The van der Waals surface area contributed by atoms with Gasteiger partial charge in [0.1, 0.15) is 23.0 Å². The summed E-state index contributed by atoms with van der Waals surface area (Å²) in [6.45, 7) is 0.297. The van der Waals surface area contributed by atoms with Crippen LogP contribution >= 0.6 is 0 Å². The van der Waals surface area contributed by atoms with Crippen LogP contribution in [0.25, 0.3) is 21.9 Å². The summed E-state index contributed by atoms with van der Waals surface area (Å²) in [7, 11) is -2.55. The van der Waals surface area contributed by atoms with Crippen LogP contribution in [-0.2, 0) is 14.8 Å². The Balaban J connectivity index is 1.30. The normalized spacial score (nSPS) is 12.4. The van der Waals surface area contributed by atoms with Crippen LogP contribution < -0.4 is 20.1 Å². The number of aliphatic carboxylic acids is 1. The highest BCUT2D eigenvalue weighted by atomic mass is 32.2. The van der Waals surface area contributed by atoms with Gasteiger partial charge in [-0.15, -0.1) is 0 Å². The molecule has 0 saturated carbocycles. The van der Waals surface area contributed by atoms with Gasteiger partial charge in [0.15, 0.2) is 0 Å². The van der Waals surface area contributed by atoms with Crippen molar-refractivity contribution in [3.63, 3.8) is 0 Å². The first-order chi connectivity index (χ1) is 17.8. The molecule has 1 heterocycles. The molecular formula is C26H27N3O7S. The number of methoxy groups -OCH3 is 1. The highest BCUT2D eigenvalue weighted by Crippen LogP contribution is 2.30. The van der Waals surface area contributed by atoms with Gasteiger partial charge in [-0.1, -0.05) is 18.2 Å². The average Bonchev–Trinajstić information content (AvgIpc) is 3.26. The molecule has 4 rings (SSSR count). The highest BCUT2D eigenvalue weighted by molar-refractivity contribution is 7.89. The van der Waals surface area contributed by atoms with Gasteiger partial charge in [-0.05, 0) is 67.8 Å². The molecule has 0 aliphatic heterocycles. The number of nitrogens with one attached hydrogen (secondary N) is 3. The first kappa shape index (κ1) is 26.0. The van der Waals surface area contributed by atoms with E-state index in [9.17, 15) is 23.1 Å². The fourth-order valence-corrected chi connectivity index (χ4v) is 5.14. The number of unbranched alkanes of at least 4 members (excludes halogenated alkanes) is 1. The Morgan fingerprint density at radius 3 is 2.43 bits per heavy atom. The predicted octanol–water partition coefficient (Wildman–Crippen LogP) is 4.32. The molecule has 1 atom stereocenters. The second kappa shape index (κ2) is 11.3. The van der Waals surface area contributed by atoms with E-state index >= 15 is 0 Å². The van der Waals surface area contributed by atoms with E-state index in [1.54, 1.807) is 43.5 Å². The van der Waals surface area contributed by atoms with E-state index < -0.39 is 28.1 Å². The van der Waals surface area contributed by atoms with Gasteiger partial charge in [0.25, 0.3) is 0 Å². The lowest BCUT2D eigenvalue weighted by Crippen LogP contribution is -2.40. The second-order valence-corrected chi connectivity index (χ2v) is 10.1. The van der Waals surface area contributed by atoms with Gasteiger partial charge >= 0.3 is 12.0 Å². The van der Waals surface area contributed by atoms with Crippen molar-refractivity contribution in [2.24, 2.45) is 0 Å². The van der Waals surface area contributed by atoms with Crippen LogP contribution in [0.1, 0.15) is 19.3 Å². The number of carboxylic acids is 1. The van der Waals surface area contributed by atoms with E-state index in [0.29, 0.717) is 47.4 Å². The minimum absolute atomic E-state index is 0.0466. The summed E-state index contributed by atoms with van der Waals surface area (Å²) >= 11 is 0. The molecule has 0 fully saturated rings. The van der Waals surface area contributed by atoms with Crippen LogP contribution in [-0.4, -0.2) is 45.2 Å². The minimum atomic E-state index is -4.10. The maximum Gasteiger partial charge on any atom is 0.321 e. The Kier molecular flexibility index (Phi) is 7.95. The molecule has 0 bridgehead atoms. The standard InChI is InChI=1S/C26H27N3O7S/c1-35-18-11-9-17(10-12-18)28-26(32)27-15-5-4-7-22(25(30)31)29-37(33,34)19-13-14-24-21(16-19)20-6-2-3-8-23(20)36-24/h2-3,6,8-14,16,22,29H,4-5,7,15H2,1H3,(H,30,31)(H2,27,28,32). The van der Waals surface area contributed by atoms with Crippen molar-refractivity contribution in [3.8, 4) is 5.75 Å². The Morgan fingerprint density at radius 1 is 0.973 bits per heavy atom. The number of fused-ring (bicyclic) bond motifs is 3. The van der Waals surface area contributed by atoms with Gasteiger partial charge in [-0.25, -0.2) is 13.2 Å². The van der Waals surface area contributed by atoms with Gasteiger partial charge in [0.05, 0.1) is 12.0 Å². The molecule has 4 aromatic rings. The van der Waals surface area contributed by atoms with E-state index in [4.69, 9.17) is 9.15 Å². The number of hydrogen-bond acceptors (Lipinski definition) is 6. The van der Waals surface area contributed by atoms with Crippen LogP contribution in [0.5, 0.6) is 5.75 Å². The molecule has 194 valence electrons. The van der Waals surface area contributed by atoms with Crippen LogP contribution in [0.15, 0.2) is 76.0 Å². The molecule has 0 spiro atoms. The van der Waals surface area contributed by atoms with E-state index in [1.807, 2.05) is 18.2 Å². The zero-order valence-electron chi connectivity index (χ0n) is 20.1. The number of para-hydroxylation sites is 1. The zero-order chi connectivity index (χ0) is 26.4. The third-order valence-electron chi connectivity index (χ3n) is 5.81. The quantitative estimate of drug-likeness (QED) is 0.213. The molecule has 11 heteroatoms. The van der Waals surface area contributed by atoms with Gasteiger partial charge in [-0.2, -0.15) is 4.72 Å². The lowest BCUT2D eigenvalue weighted by atomic mass is 10.1. The molecule has 10 nitrogen and oxygen atoms in total. The fraction of sp³-hybridized carbons (Fsp3) is 0.231. The monoisotopic (exact) mass is 525 g/mol. The predicted molar refractivity (Wildman–Crippen MR) is 139 cm³/mol. The van der Waals surface area contributed by atoms with Crippen LogP contribution in [0.3, 0.4) is 0 Å². The molecule has 37 heavy (non-hydrogen) atoms. The average molecular weight is 526 g/mol. The number of hydrogen-bond donors (Lipinski definition) is 4. The number of furan rings is 1. The third kappa shape index (κ3) is 6.38. The number of anilines is 1. The topological polar surface area (TPSA) is 147 Å². The Bertz CT molecular complexity index is 1510. The van der Waals surface area contributed by atoms with E-state index in [1.165, 1.54) is 12.1 Å². The largest absolute Gasteiger partial charge is 0.497 e. The number of carbonyl (C=O) groups is 2. The van der Waals surface area contributed by atoms with E-state index in [-0.39, 0.29) is 11.3 Å². The maximum absolute atomic E-state index is 13.0. The smallest absolute Gasteiger partial charge is 0.321 e. The summed E-state index contributed by atoms with van der Waals surface area (Å²) in [5.41, 5.74) is 1.77. The number of urea groups is 1. The van der Waals surface area contributed by atoms with Crippen molar-refractivity contribution >= 4 is 49.6 Å². The van der Waals surface area contributed by atoms with Crippen LogP contribution in [0.4, 0.5) is 10.5 Å². The van der Waals surface area contributed by atoms with Crippen LogP contribution in [0.2, 0.25) is 0 Å². The van der Waals surface area contributed by atoms with Crippen LogP contribution in [0, 0.1) is 0 Å². The molecule has 0 aliphatic rings. The Labute approximate surface area is 213 Å². The molecule has 3 aromatic carbocycles. The molecular weight excluding hydrogens is 498 g/mol. The summed E-state index contributed by atoms with van der Waals surface area (Å²) in [5, 5.41) is 16.4. The van der Waals surface area contributed by atoms with Gasteiger partial charge in [0, 0.05) is 23.0 Å². The fourth-order valence-electron chi connectivity index (χ4n) is 3.89. The SMILES string of the molecule is COc1ccc(NC(=O)NCCCCC(NS(=O)(=O)c2ccc3oc4ccccc4c3c2)C(=O)O)cc1. The van der Waals surface area contributed by atoms with Crippen molar-refractivity contribution in [3.05, 3.63) is 66.7 Å². The van der Waals surface area contributed by atoms with Crippen molar-refractivity contribution in [2.75, 3.05) is 19.0 Å². The number of carbonyl (C=O) groups excluding carboxylic acids is 1. The first-order valence-electron chi connectivity index (χ1n) is 11.6. The molecule has 1 aromatic heterocycles. The number of carboxylic acid groups (broad SMARTS) is 1. The minimum Gasteiger partial charge on any atom is -0.497 e. The number of rotatable bonds is 11. The lowest BCUT2D eigenvalue weighted by Gasteiger charge is -2.15. The zero-order valence-corrected chi connectivity index (χ0v) is 20.9. The van der Waals surface area contributed by atoms with Crippen molar-refractivity contribution in [2.45, 2.75) is 30.2 Å². The van der Waals surface area contributed by atoms with Crippen molar-refractivity contribution < 1.29 is 32.3 Å². The number of benzene rings is 3. The van der Waals surface area contributed by atoms with E-state index in [2.05, 4.69) is 15.4 Å². The summed E-state index contributed by atoms with van der Waals surface area (Å²) in [5.74, 6) is -0.603. The van der Waals surface area contributed by atoms with Crippen molar-refractivity contribution in [1.82, 2.24) is 10.0 Å². The van der Waals surface area contributed by atoms with Crippen molar-refractivity contribution in [1.29, 1.82) is 0 Å². The second-order valence-electron chi connectivity index (χ2n) is 8.37. The molecule has 0 saturated heterocycles. The Hall–Kier alpha value is -4.09. The van der Waals surface area contributed by atoms with Gasteiger partial charge in [-0.3, -0.25) is 4.79 Å². The first-order valence-corrected chi connectivity index (χ1v) is 13.1. The lowest BCUT2D eigenvalue weighted by molar-refractivity contribution is -0.139.